The number of amides is 1. The molecule has 4 rings (SSSR count). The van der Waals surface area contributed by atoms with E-state index in [0.717, 1.165) is 45.0 Å². The van der Waals surface area contributed by atoms with E-state index in [1.807, 2.05) is 45.0 Å². The van der Waals surface area contributed by atoms with Crippen molar-refractivity contribution in [3.05, 3.63) is 58.4 Å². The minimum Gasteiger partial charge on any atom is -0.318 e. The van der Waals surface area contributed by atoms with Gasteiger partial charge in [-0.15, -0.1) is 0 Å². The predicted octanol–water partition coefficient (Wildman–Crippen LogP) is 3.41. The molecule has 0 atom stereocenters. The van der Waals surface area contributed by atoms with Crippen LogP contribution in [0.3, 0.4) is 0 Å². The summed E-state index contributed by atoms with van der Waals surface area (Å²) in [6.45, 7) is 7.44. The third kappa shape index (κ3) is 3.55. The number of aryl methyl sites for hydroxylation is 2. The molecule has 0 fully saturated rings. The standard InChI is InChI=1S/C21H21N5O3S2/c1-5-31(28,29)21-24-30-20-23-19(27)17(18(22)26(20)21)11-15-10-13(3)25(14(15)4)16-8-6-7-12(2)9-16/h6-11,22H,5H2,1-4H3/b17-11-,22-18?. The van der Waals surface area contributed by atoms with Gasteiger partial charge < -0.3 is 4.57 Å². The summed E-state index contributed by atoms with van der Waals surface area (Å²) in [5.74, 6) is -0.987. The molecular weight excluding hydrogens is 434 g/mol. The third-order valence-electron chi connectivity index (χ3n) is 5.18. The Morgan fingerprint density at radius 2 is 1.94 bits per heavy atom. The normalized spacial score (nSPS) is 17.8. The van der Waals surface area contributed by atoms with Crippen LogP contribution in [-0.4, -0.2) is 45.7 Å². The van der Waals surface area contributed by atoms with Crippen molar-refractivity contribution >= 4 is 49.9 Å². The zero-order valence-electron chi connectivity index (χ0n) is 17.5. The lowest BCUT2D eigenvalue weighted by atomic mass is 10.1. The molecular formula is C21H21N5O3S2. The van der Waals surface area contributed by atoms with Crippen molar-refractivity contribution in [3.63, 3.8) is 0 Å². The Morgan fingerprint density at radius 1 is 1.19 bits per heavy atom. The molecule has 160 valence electrons. The summed E-state index contributed by atoms with van der Waals surface area (Å²) in [6.07, 6.45) is 1.60. The highest BCUT2D eigenvalue weighted by molar-refractivity contribution is 8.16. The highest BCUT2D eigenvalue weighted by atomic mass is 32.2. The van der Waals surface area contributed by atoms with Gasteiger partial charge in [0, 0.05) is 17.1 Å². The average Bonchev–Trinajstić information content (AvgIpc) is 3.26. The van der Waals surface area contributed by atoms with Crippen molar-refractivity contribution in [1.82, 2.24) is 9.47 Å². The topological polar surface area (TPSA) is 108 Å². The Balaban J connectivity index is 1.78. The van der Waals surface area contributed by atoms with Crippen LogP contribution in [0, 0.1) is 26.2 Å². The zero-order chi connectivity index (χ0) is 22.5. The SMILES string of the molecule is CCS(=O)(=O)C1=NSC2=NC(=O)/C(=C\c3cc(C)n(-c4cccc(C)c4)c3C)C(=N)N21. The molecule has 0 saturated heterocycles. The Labute approximate surface area is 185 Å². The van der Waals surface area contributed by atoms with Gasteiger partial charge in [-0.05, 0) is 56.2 Å². The molecule has 1 N–H and O–H groups in total. The van der Waals surface area contributed by atoms with Crippen molar-refractivity contribution in [3.8, 4) is 5.69 Å². The van der Waals surface area contributed by atoms with Gasteiger partial charge in [0.2, 0.25) is 20.2 Å². The molecule has 3 heterocycles. The van der Waals surface area contributed by atoms with Gasteiger partial charge >= 0.3 is 0 Å². The molecule has 10 heteroatoms. The number of aliphatic imine (C=N–C) groups is 1. The number of aromatic nitrogens is 1. The molecule has 8 nitrogen and oxygen atoms in total. The van der Waals surface area contributed by atoms with Crippen molar-refractivity contribution in [2.24, 2.45) is 9.39 Å². The zero-order valence-corrected chi connectivity index (χ0v) is 19.1. The molecule has 1 amide bonds. The van der Waals surface area contributed by atoms with E-state index in [1.165, 1.54) is 6.92 Å². The number of carbonyl (C=O) groups excluding carboxylic acids is 1. The summed E-state index contributed by atoms with van der Waals surface area (Å²) >= 11 is 0.793. The smallest absolute Gasteiger partial charge is 0.283 e. The van der Waals surface area contributed by atoms with Crippen molar-refractivity contribution in [2.75, 3.05) is 5.75 Å². The van der Waals surface area contributed by atoms with Crippen LogP contribution < -0.4 is 0 Å². The van der Waals surface area contributed by atoms with E-state index in [-0.39, 0.29) is 27.5 Å². The number of nitrogens with one attached hydrogen (secondary N) is 1. The maximum absolute atomic E-state index is 12.7. The van der Waals surface area contributed by atoms with Gasteiger partial charge in [-0.25, -0.2) is 13.3 Å². The maximum Gasteiger partial charge on any atom is 0.283 e. The molecule has 0 unspecified atom stereocenters. The summed E-state index contributed by atoms with van der Waals surface area (Å²) in [5.41, 5.74) is 4.79. The number of hydrogen-bond acceptors (Lipinski definition) is 6. The monoisotopic (exact) mass is 455 g/mol. The molecule has 2 aromatic rings. The van der Waals surface area contributed by atoms with E-state index in [0.29, 0.717) is 0 Å². The fourth-order valence-electron chi connectivity index (χ4n) is 3.58. The number of sulfone groups is 1. The van der Waals surface area contributed by atoms with Gasteiger partial charge in [-0.1, -0.05) is 19.1 Å². The first kappa shape index (κ1) is 21.3. The van der Waals surface area contributed by atoms with E-state index in [2.05, 4.69) is 20.0 Å². The molecule has 0 saturated carbocycles. The lowest BCUT2D eigenvalue weighted by molar-refractivity contribution is -0.114. The van der Waals surface area contributed by atoms with E-state index in [1.54, 1.807) is 6.08 Å². The van der Waals surface area contributed by atoms with Gasteiger partial charge in [0.15, 0.2) is 0 Å². The second kappa shape index (κ2) is 7.61. The van der Waals surface area contributed by atoms with E-state index >= 15 is 0 Å². The van der Waals surface area contributed by atoms with Gasteiger partial charge in [0.25, 0.3) is 5.91 Å². The highest BCUT2D eigenvalue weighted by Gasteiger charge is 2.42. The summed E-state index contributed by atoms with van der Waals surface area (Å²) in [5, 5.41) is 8.38. The molecule has 2 aliphatic rings. The van der Waals surface area contributed by atoms with E-state index in [4.69, 9.17) is 5.41 Å². The fourth-order valence-corrected chi connectivity index (χ4v) is 5.55. The van der Waals surface area contributed by atoms with Gasteiger partial charge in [0.05, 0.1) is 23.3 Å². The number of amidine groups is 3. The second-order valence-corrected chi connectivity index (χ2v) is 10.2. The quantitative estimate of drug-likeness (QED) is 0.564. The first-order valence-electron chi connectivity index (χ1n) is 9.61. The lowest BCUT2D eigenvalue weighted by Crippen LogP contribution is -2.45. The summed E-state index contributed by atoms with van der Waals surface area (Å²) in [6, 6.07) is 10.0. The number of nitrogens with zero attached hydrogens (tertiary/aromatic N) is 4. The minimum absolute atomic E-state index is 0.0229. The van der Waals surface area contributed by atoms with Crippen LogP contribution in [0.2, 0.25) is 0 Å². The summed E-state index contributed by atoms with van der Waals surface area (Å²) < 4.78 is 30.8. The largest absolute Gasteiger partial charge is 0.318 e. The molecule has 0 radical (unpaired) electrons. The van der Waals surface area contributed by atoms with Crippen LogP contribution in [0.5, 0.6) is 0 Å². The fraction of sp³-hybridized carbons (Fsp3) is 0.238. The summed E-state index contributed by atoms with van der Waals surface area (Å²) in [4.78, 5) is 17.8. The van der Waals surface area contributed by atoms with Crippen LogP contribution in [0.25, 0.3) is 11.8 Å². The number of benzene rings is 1. The minimum atomic E-state index is -3.68. The Bertz CT molecular complexity index is 1330. The predicted molar refractivity (Wildman–Crippen MR) is 124 cm³/mol. The molecule has 1 aromatic carbocycles. The number of rotatable bonds is 3. The first-order valence-corrected chi connectivity index (χ1v) is 12.0. The lowest BCUT2D eigenvalue weighted by Gasteiger charge is -2.24. The number of hydrogen-bond donors (Lipinski definition) is 1. The highest BCUT2D eigenvalue weighted by Crippen LogP contribution is 2.31. The van der Waals surface area contributed by atoms with Gasteiger partial charge in [-0.3, -0.25) is 10.2 Å². The molecule has 0 bridgehead atoms. The van der Waals surface area contributed by atoms with E-state index < -0.39 is 15.7 Å². The Hall–Kier alpha value is -2.98. The Morgan fingerprint density at radius 3 is 2.61 bits per heavy atom. The average molecular weight is 456 g/mol. The summed E-state index contributed by atoms with van der Waals surface area (Å²) in [7, 11) is -3.68. The van der Waals surface area contributed by atoms with Crippen LogP contribution in [0.4, 0.5) is 0 Å². The third-order valence-corrected chi connectivity index (χ3v) is 7.59. The molecule has 31 heavy (non-hydrogen) atoms. The van der Waals surface area contributed by atoms with E-state index in [9.17, 15) is 13.2 Å². The van der Waals surface area contributed by atoms with Crippen LogP contribution in [-0.2, 0) is 14.6 Å². The van der Waals surface area contributed by atoms with Crippen molar-refractivity contribution < 1.29 is 13.2 Å². The van der Waals surface area contributed by atoms with Crippen LogP contribution in [0.15, 0.2) is 45.3 Å². The first-order chi connectivity index (χ1) is 14.6. The van der Waals surface area contributed by atoms with Crippen LogP contribution in [0.1, 0.15) is 29.4 Å². The maximum atomic E-state index is 12.7. The molecule has 2 aliphatic heterocycles. The van der Waals surface area contributed by atoms with Crippen LogP contribution >= 0.6 is 11.9 Å². The molecule has 0 spiro atoms. The Kier molecular flexibility index (Phi) is 5.22. The number of carbonyl (C=O) groups is 1. The van der Waals surface area contributed by atoms with Crippen molar-refractivity contribution in [2.45, 2.75) is 27.7 Å². The molecule has 1 aromatic heterocycles. The van der Waals surface area contributed by atoms with Gasteiger partial charge in [-0.2, -0.15) is 9.39 Å². The van der Waals surface area contributed by atoms with Crippen molar-refractivity contribution in [1.29, 1.82) is 5.41 Å². The number of fused-ring (bicyclic) bond motifs is 1. The second-order valence-electron chi connectivity index (χ2n) is 7.31. The van der Waals surface area contributed by atoms with Gasteiger partial charge in [0.1, 0.15) is 5.84 Å². The molecule has 0 aliphatic carbocycles.